The molecule has 0 heterocycles. The summed E-state index contributed by atoms with van der Waals surface area (Å²) in [5.41, 5.74) is 0.606. The maximum atomic E-state index is 11.2. The van der Waals surface area contributed by atoms with Gasteiger partial charge < -0.3 is 14.6 Å². The second-order valence-electron chi connectivity index (χ2n) is 6.10. The Bertz CT molecular complexity index is 1020. The number of amides is 1. The zero-order chi connectivity index (χ0) is 20.8. The van der Waals surface area contributed by atoms with Crippen LogP contribution in [0.4, 0.5) is 16.2 Å². The van der Waals surface area contributed by atoms with Gasteiger partial charge in [-0.25, -0.2) is 4.79 Å². The molecule has 0 saturated carbocycles. The van der Waals surface area contributed by atoms with Gasteiger partial charge in [0.15, 0.2) is 0 Å². The lowest BCUT2D eigenvalue weighted by atomic mass is 10.2. The Hall–Kier alpha value is -4.07. The van der Waals surface area contributed by atoms with Crippen LogP contribution in [0.5, 0.6) is 17.2 Å². The zero-order valence-electron chi connectivity index (χ0n) is 15.5. The largest absolute Gasteiger partial charge is 0.489 e. The molecule has 0 saturated heterocycles. The molecule has 8 heteroatoms. The number of nitro benzene ring substituents is 1. The second-order valence-corrected chi connectivity index (χ2v) is 6.10. The van der Waals surface area contributed by atoms with Crippen LogP contribution in [0, 0.1) is 10.1 Å². The lowest BCUT2D eigenvalue weighted by Crippen LogP contribution is -2.24. The third-order valence-electron chi connectivity index (χ3n) is 4.08. The normalized spacial score (nSPS) is 10.2. The molecule has 0 radical (unpaired) electrons. The van der Waals surface area contributed by atoms with Crippen LogP contribution >= 0.6 is 0 Å². The first-order valence-corrected chi connectivity index (χ1v) is 8.64. The molecule has 0 aliphatic heterocycles. The van der Waals surface area contributed by atoms with Crippen molar-refractivity contribution in [2.45, 2.75) is 6.61 Å². The molecule has 0 bridgehead atoms. The first-order valence-electron chi connectivity index (χ1n) is 8.64. The topological polar surface area (TPSA) is 102 Å². The number of carboxylic acid groups (broad SMARTS) is 1. The Morgan fingerprint density at radius 3 is 2.38 bits per heavy atom. The number of hydrogen-bond donors (Lipinski definition) is 1. The summed E-state index contributed by atoms with van der Waals surface area (Å²) in [6.45, 7) is 0.398. The lowest BCUT2D eigenvalue weighted by Gasteiger charge is -2.15. The van der Waals surface area contributed by atoms with Gasteiger partial charge in [0.2, 0.25) is 0 Å². The van der Waals surface area contributed by atoms with E-state index in [1.165, 1.54) is 25.2 Å². The number of anilines is 1. The predicted molar refractivity (Wildman–Crippen MR) is 107 cm³/mol. The van der Waals surface area contributed by atoms with E-state index in [9.17, 15) is 14.9 Å². The van der Waals surface area contributed by atoms with Crippen molar-refractivity contribution in [1.29, 1.82) is 0 Å². The van der Waals surface area contributed by atoms with Gasteiger partial charge in [0.05, 0.1) is 4.92 Å². The Labute approximate surface area is 166 Å². The molecule has 29 heavy (non-hydrogen) atoms. The van der Waals surface area contributed by atoms with E-state index in [-0.39, 0.29) is 17.1 Å². The highest BCUT2D eigenvalue weighted by molar-refractivity contribution is 5.89. The molecule has 0 aliphatic rings. The van der Waals surface area contributed by atoms with E-state index >= 15 is 0 Å². The Balaban J connectivity index is 1.78. The molecule has 148 valence electrons. The van der Waals surface area contributed by atoms with Crippen molar-refractivity contribution in [2.24, 2.45) is 0 Å². The van der Waals surface area contributed by atoms with Crippen molar-refractivity contribution in [2.75, 3.05) is 11.9 Å². The average Bonchev–Trinajstić information content (AvgIpc) is 2.72. The number of benzene rings is 3. The van der Waals surface area contributed by atoms with E-state index in [0.717, 1.165) is 10.5 Å². The molecule has 3 rings (SSSR count). The maximum Gasteiger partial charge on any atom is 0.411 e. The molecular formula is C21H18N2O6. The first kappa shape index (κ1) is 19.7. The van der Waals surface area contributed by atoms with Gasteiger partial charge in [-0.05, 0) is 23.8 Å². The van der Waals surface area contributed by atoms with Gasteiger partial charge in [0.25, 0.3) is 5.69 Å². The highest BCUT2D eigenvalue weighted by Crippen LogP contribution is 2.34. The van der Waals surface area contributed by atoms with E-state index in [1.807, 2.05) is 30.3 Å². The van der Waals surface area contributed by atoms with Crippen molar-refractivity contribution in [1.82, 2.24) is 0 Å². The van der Waals surface area contributed by atoms with Crippen LogP contribution in [0.15, 0.2) is 72.8 Å². The van der Waals surface area contributed by atoms with Gasteiger partial charge in [0.1, 0.15) is 29.5 Å². The number of nitrogens with zero attached hydrogens (tertiary/aromatic N) is 2. The second kappa shape index (κ2) is 8.75. The molecule has 8 nitrogen and oxygen atoms in total. The van der Waals surface area contributed by atoms with Gasteiger partial charge in [-0.15, -0.1) is 0 Å². The quantitative estimate of drug-likeness (QED) is 0.443. The summed E-state index contributed by atoms with van der Waals surface area (Å²) in [6.07, 6.45) is -1.32. The maximum absolute atomic E-state index is 11.2. The minimum Gasteiger partial charge on any atom is -0.489 e. The number of hydrogen-bond acceptors (Lipinski definition) is 5. The third-order valence-corrected chi connectivity index (χ3v) is 4.08. The van der Waals surface area contributed by atoms with E-state index < -0.39 is 11.0 Å². The highest BCUT2D eigenvalue weighted by atomic mass is 16.6. The monoisotopic (exact) mass is 394 g/mol. The van der Waals surface area contributed by atoms with Crippen LogP contribution in [0.2, 0.25) is 0 Å². The molecule has 0 fully saturated rings. The van der Waals surface area contributed by atoms with Crippen LogP contribution in [0.25, 0.3) is 0 Å². The molecule has 3 aromatic rings. The molecule has 0 aliphatic carbocycles. The molecule has 3 aromatic carbocycles. The number of rotatable bonds is 7. The van der Waals surface area contributed by atoms with Crippen molar-refractivity contribution in [3.8, 4) is 17.2 Å². The third kappa shape index (κ3) is 5.01. The standard InChI is InChI=1S/C21H18N2O6/c1-22(21(24)25)20-13-18(10-11-19(20)23(26)27)29-17-9-5-8-16(12-17)28-14-15-6-3-2-4-7-15/h2-13H,14H2,1H3,(H,24,25). The smallest absolute Gasteiger partial charge is 0.411 e. The van der Waals surface area contributed by atoms with Crippen LogP contribution in [0.3, 0.4) is 0 Å². The van der Waals surface area contributed by atoms with Crippen molar-refractivity contribution < 1.29 is 24.3 Å². The van der Waals surface area contributed by atoms with Crippen LogP contribution in [-0.2, 0) is 6.61 Å². The summed E-state index contributed by atoms with van der Waals surface area (Å²) < 4.78 is 11.5. The summed E-state index contributed by atoms with van der Waals surface area (Å²) in [5, 5.41) is 20.3. The van der Waals surface area contributed by atoms with Crippen LogP contribution in [-0.4, -0.2) is 23.2 Å². The molecule has 1 N–H and O–H groups in total. The minimum absolute atomic E-state index is 0.0866. The van der Waals surface area contributed by atoms with E-state index in [1.54, 1.807) is 24.3 Å². The fourth-order valence-corrected chi connectivity index (χ4v) is 2.60. The fraction of sp³-hybridized carbons (Fsp3) is 0.0952. The van der Waals surface area contributed by atoms with E-state index in [0.29, 0.717) is 18.1 Å². The summed E-state index contributed by atoms with van der Waals surface area (Å²) in [4.78, 5) is 22.5. The fourth-order valence-electron chi connectivity index (χ4n) is 2.60. The Morgan fingerprint density at radius 1 is 1.00 bits per heavy atom. The molecular weight excluding hydrogens is 376 g/mol. The number of ether oxygens (including phenoxy) is 2. The summed E-state index contributed by atoms with van der Waals surface area (Å²) in [5.74, 6) is 1.31. The van der Waals surface area contributed by atoms with Gasteiger partial charge in [-0.1, -0.05) is 36.4 Å². The summed E-state index contributed by atoms with van der Waals surface area (Å²) in [7, 11) is 1.23. The first-order chi connectivity index (χ1) is 13.9. The highest BCUT2D eigenvalue weighted by Gasteiger charge is 2.22. The molecule has 0 aromatic heterocycles. The van der Waals surface area contributed by atoms with Crippen molar-refractivity contribution in [3.63, 3.8) is 0 Å². The van der Waals surface area contributed by atoms with E-state index in [4.69, 9.17) is 14.6 Å². The van der Waals surface area contributed by atoms with Gasteiger partial charge in [-0.3, -0.25) is 15.0 Å². The minimum atomic E-state index is -1.32. The zero-order valence-corrected chi connectivity index (χ0v) is 15.5. The van der Waals surface area contributed by atoms with E-state index in [2.05, 4.69) is 0 Å². The lowest BCUT2D eigenvalue weighted by molar-refractivity contribution is -0.384. The Kier molecular flexibility index (Phi) is 5.94. The van der Waals surface area contributed by atoms with Crippen molar-refractivity contribution in [3.05, 3.63) is 88.5 Å². The number of carbonyl (C=O) groups is 1. The van der Waals surface area contributed by atoms with Crippen LogP contribution in [0.1, 0.15) is 5.56 Å². The Morgan fingerprint density at radius 2 is 1.69 bits per heavy atom. The average molecular weight is 394 g/mol. The molecule has 0 unspecified atom stereocenters. The van der Waals surface area contributed by atoms with Gasteiger partial charge in [-0.2, -0.15) is 0 Å². The van der Waals surface area contributed by atoms with Gasteiger partial charge >= 0.3 is 6.09 Å². The SMILES string of the molecule is CN(C(=O)O)c1cc(Oc2cccc(OCc3ccccc3)c2)ccc1[N+](=O)[O-]. The number of nitro groups is 1. The molecule has 1 amide bonds. The van der Waals surface area contributed by atoms with Crippen molar-refractivity contribution >= 4 is 17.5 Å². The van der Waals surface area contributed by atoms with Gasteiger partial charge in [0, 0.05) is 25.2 Å². The molecule has 0 atom stereocenters. The van der Waals surface area contributed by atoms with Crippen LogP contribution < -0.4 is 14.4 Å². The molecule has 0 spiro atoms. The summed E-state index contributed by atoms with van der Waals surface area (Å²) >= 11 is 0. The predicted octanol–water partition coefficient (Wildman–Crippen LogP) is 5.08. The summed E-state index contributed by atoms with van der Waals surface area (Å²) in [6, 6.07) is 20.6.